The average Bonchev–Trinajstić information content (AvgIpc) is 2.88. The van der Waals surface area contributed by atoms with Gasteiger partial charge in [-0.2, -0.15) is 0 Å². The lowest BCUT2D eigenvalue weighted by molar-refractivity contribution is -0.114. The molecule has 0 saturated carbocycles. The van der Waals surface area contributed by atoms with Crippen molar-refractivity contribution < 1.29 is 18.4 Å². The third-order valence-corrected chi connectivity index (χ3v) is 4.90. The highest BCUT2D eigenvalue weighted by Gasteiger charge is 2.19. The molecule has 0 radical (unpaired) electrons. The number of anilines is 2. The Labute approximate surface area is 146 Å². The molecule has 3 rings (SSSR count). The summed E-state index contributed by atoms with van der Waals surface area (Å²) in [7, 11) is 0. The Morgan fingerprint density at radius 3 is 2.48 bits per heavy atom. The van der Waals surface area contributed by atoms with Crippen molar-refractivity contribution in [2.45, 2.75) is 13.8 Å². The first-order valence-corrected chi connectivity index (χ1v) is 8.24. The van der Waals surface area contributed by atoms with Crippen molar-refractivity contribution in [1.29, 1.82) is 0 Å². The molecule has 4 nitrogen and oxygen atoms in total. The van der Waals surface area contributed by atoms with Gasteiger partial charge in [-0.3, -0.25) is 9.59 Å². The van der Waals surface area contributed by atoms with Gasteiger partial charge in [-0.05, 0) is 42.8 Å². The van der Waals surface area contributed by atoms with Crippen LogP contribution >= 0.6 is 11.3 Å². The van der Waals surface area contributed by atoms with Crippen LogP contribution < -0.4 is 10.6 Å². The maximum absolute atomic E-state index is 14.0. The van der Waals surface area contributed by atoms with Gasteiger partial charge in [0, 0.05) is 22.7 Å². The van der Waals surface area contributed by atoms with Gasteiger partial charge in [0.25, 0.3) is 5.91 Å². The van der Waals surface area contributed by atoms with Crippen LogP contribution in [0.3, 0.4) is 0 Å². The first kappa shape index (κ1) is 17.0. The lowest BCUT2D eigenvalue weighted by Crippen LogP contribution is -2.13. The summed E-state index contributed by atoms with van der Waals surface area (Å²) in [6, 6.07) is 8.51. The molecule has 0 atom stereocenters. The summed E-state index contributed by atoms with van der Waals surface area (Å²) >= 11 is 1.14. The van der Waals surface area contributed by atoms with Crippen molar-refractivity contribution in [1.82, 2.24) is 0 Å². The molecule has 0 aliphatic rings. The van der Waals surface area contributed by atoms with Crippen LogP contribution in [0.4, 0.5) is 20.2 Å². The summed E-state index contributed by atoms with van der Waals surface area (Å²) in [6.07, 6.45) is 0. The number of fused-ring (bicyclic) bond motifs is 1. The van der Waals surface area contributed by atoms with Crippen LogP contribution in [0.1, 0.15) is 22.2 Å². The van der Waals surface area contributed by atoms with Gasteiger partial charge in [-0.1, -0.05) is 6.07 Å². The van der Waals surface area contributed by atoms with E-state index in [4.69, 9.17) is 0 Å². The first-order valence-electron chi connectivity index (χ1n) is 7.43. The van der Waals surface area contributed by atoms with Crippen molar-refractivity contribution in [2.24, 2.45) is 0 Å². The zero-order chi connectivity index (χ0) is 18.1. The van der Waals surface area contributed by atoms with E-state index in [1.807, 2.05) is 0 Å². The number of carbonyl (C=O) groups is 2. The number of aryl methyl sites for hydroxylation is 1. The normalized spacial score (nSPS) is 10.7. The van der Waals surface area contributed by atoms with Crippen molar-refractivity contribution in [3.63, 3.8) is 0 Å². The zero-order valence-corrected chi connectivity index (χ0v) is 14.3. The molecule has 1 heterocycles. The molecule has 2 amide bonds. The summed E-state index contributed by atoms with van der Waals surface area (Å²) in [5.41, 5.74) is 0.811. The predicted molar refractivity (Wildman–Crippen MR) is 95.2 cm³/mol. The van der Waals surface area contributed by atoms with Gasteiger partial charge in [0.15, 0.2) is 0 Å². The molecule has 0 spiro atoms. The minimum Gasteiger partial charge on any atom is -0.326 e. The van der Waals surface area contributed by atoms with Gasteiger partial charge in [0.2, 0.25) is 5.91 Å². The smallest absolute Gasteiger partial charge is 0.266 e. The second-order valence-electron chi connectivity index (χ2n) is 5.50. The van der Waals surface area contributed by atoms with Crippen molar-refractivity contribution in [2.75, 3.05) is 10.6 Å². The first-order chi connectivity index (χ1) is 11.9. The maximum atomic E-state index is 14.0. The highest BCUT2D eigenvalue weighted by Crippen LogP contribution is 2.33. The van der Waals surface area contributed by atoms with Crippen LogP contribution in [-0.4, -0.2) is 11.8 Å². The zero-order valence-electron chi connectivity index (χ0n) is 13.4. The highest BCUT2D eigenvalue weighted by molar-refractivity contribution is 7.21. The fourth-order valence-electron chi connectivity index (χ4n) is 2.55. The van der Waals surface area contributed by atoms with Gasteiger partial charge in [0.1, 0.15) is 11.6 Å². The summed E-state index contributed by atoms with van der Waals surface area (Å²) in [6.45, 7) is 2.98. The molecule has 7 heteroatoms. The molecular formula is C18H14F2N2O2S. The van der Waals surface area contributed by atoms with Gasteiger partial charge in [0.05, 0.1) is 10.6 Å². The summed E-state index contributed by atoms with van der Waals surface area (Å²) in [4.78, 5) is 23.9. The van der Waals surface area contributed by atoms with Crippen LogP contribution in [0, 0.1) is 18.6 Å². The largest absolute Gasteiger partial charge is 0.326 e. The minimum absolute atomic E-state index is 0.0615. The van der Waals surface area contributed by atoms with Crippen molar-refractivity contribution in [3.8, 4) is 0 Å². The number of hydrogen-bond donors (Lipinski definition) is 2. The number of benzene rings is 2. The summed E-state index contributed by atoms with van der Waals surface area (Å²) < 4.78 is 28.6. The van der Waals surface area contributed by atoms with E-state index in [1.54, 1.807) is 19.1 Å². The lowest BCUT2D eigenvalue weighted by atomic mass is 10.1. The van der Waals surface area contributed by atoms with Crippen LogP contribution in [0.15, 0.2) is 36.4 Å². The van der Waals surface area contributed by atoms with Crippen molar-refractivity contribution >= 4 is 44.6 Å². The molecule has 0 fully saturated rings. The number of halogens is 2. The molecule has 1 aromatic heterocycles. The van der Waals surface area contributed by atoms with Gasteiger partial charge in [-0.25, -0.2) is 8.78 Å². The SMILES string of the molecule is CC(=O)Nc1ccc(F)c(NC(=O)c2sc3cccc(F)c3c2C)c1. The Hall–Kier alpha value is -2.80. The highest BCUT2D eigenvalue weighted by atomic mass is 32.1. The molecule has 0 saturated heterocycles. The molecule has 0 aliphatic heterocycles. The molecule has 0 unspecified atom stereocenters. The Morgan fingerprint density at radius 2 is 1.80 bits per heavy atom. The van der Waals surface area contributed by atoms with E-state index in [9.17, 15) is 18.4 Å². The second-order valence-corrected chi connectivity index (χ2v) is 6.55. The molecule has 3 aromatic rings. The Kier molecular flexibility index (Phi) is 4.50. The Bertz CT molecular complexity index is 998. The predicted octanol–water partition coefficient (Wildman–Crippen LogP) is 4.70. The summed E-state index contributed by atoms with van der Waals surface area (Å²) in [5, 5.41) is 5.40. The van der Waals surface area contributed by atoms with E-state index >= 15 is 0 Å². The lowest BCUT2D eigenvalue weighted by Gasteiger charge is -2.09. The summed E-state index contributed by atoms with van der Waals surface area (Å²) in [5.74, 6) is -1.87. The number of thiophene rings is 1. The van der Waals surface area contributed by atoms with E-state index in [2.05, 4.69) is 10.6 Å². The molecule has 128 valence electrons. The number of hydrogen-bond acceptors (Lipinski definition) is 3. The van der Waals surface area contributed by atoms with Crippen LogP contribution in [0.25, 0.3) is 10.1 Å². The standard InChI is InChI=1S/C18H14F2N2O2S/c1-9-16-13(20)4-3-5-15(16)25-17(9)18(24)22-14-8-11(21-10(2)23)6-7-12(14)19/h3-8H,1-2H3,(H,21,23)(H,22,24). The third-order valence-electron chi connectivity index (χ3n) is 3.64. The minimum atomic E-state index is -0.632. The van der Waals surface area contributed by atoms with E-state index in [0.717, 1.165) is 17.4 Å². The third kappa shape index (κ3) is 3.36. The number of nitrogens with one attached hydrogen (secondary N) is 2. The fraction of sp³-hybridized carbons (Fsp3) is 0.111. The molecule has 2 aromatic carbocycles. The molecular weight excluding hydrogens is 346 g/mol. The second kappa shape index (κ2) is 6.60. The molecule has 0 bridgehead atoms. The Balaban J connectivity index is 1.94. The number of carbonyl (C=O) groups excluding carboxylic acids is 2. The maximum Gasteiger partial charge on any atom is 0.266 e. The van der Waals surface area contributed by atoms with Crippen LogP contribution in [0.5, 0.6) is 0 Å². The average molecular weight is 360 g/mol. The molecule has 25 heavy (non-hydrogen) atoms. The van der Waals surface area contributed by atoms with Gasteiger partial charge >= 0.3 is 0 Å². The van der Waals surface area contributed by atoms with E-state index in [1.165, 1.54) is 25.1 Å². The topological polar surface area (TPSA) is 58.2 Å². The molecule has 0 aliphatic carbocycles. The number of rotatable bonds is 3. The van der Waals surface area contributed by atoms with Crippen molar-refractivity contribution in [3.05, 3.63) is 58.5 Å². The molecule has 2 N–H and O–H groups in total. The monoisotopic (exact) mass is 360 g/mol. The van der Waals surface area contributed by atoms with E-state index in [0.29, 0.717) is 26.2 Å². The number of amides is 2. The van der Waals surface area contributed by atoms with E-state index < -0.39 is 17.5 Å². The quantitative estimate of drug-likeness (QED) is 0.711. The van der Waals surface area contributed by atoms with E-state index in [-0.39, 0.29) is 11.6 Å². The van der Waals surface area contributed by atoms with Gasteiger partial charge < -0.3 is 10.6 Å². The fourth-order valence-corrected chi connectivity index (χ4v) is 3.67. The Morgan fingerprint density at radius 1 is 1.04 bits per heavy atom. The van der Waals surface area contributed by atoms with Crippen LogP contribution in [-0.2, 0) is 4.79 Å². The van der Waals surface area contributed by atoms with Crippen LogP contribution in [0.2, 0.25) is 0 Å². The van der Waals surface area contributed by atoms with Gasteiger partial charge in [-0.15, -0.1) is 11.3 Å².